The molecular formula is C9H14N2O2. The predicted molar refractivity (Wildman–Crippen MR) is 49.0 cm³/mol. The fraction of sp³-hybridized carbons (Fsp3) is 0.556. The lowest BCUT2D eigenvalue weighted by Crippen LogP contribution is -2.32. The standard InChI is InChI=1S/C9H14N2O2/c1-2-5-10-8(12)6-9(13)11-7-3-4-7/h2,7H,1,3-6H2,(H,10,12)(H,11,13). The minimum Gasteiger partial charge on any atom is -0.353 e. The smallest absolute Gasteiger partial charge is 0.229 e. The van der Waals surface area contributed by atoms with E-state index in [1.54, 1.807) is 6.08 Å². The van der Waals surface area contributed by atoms with Crippen LogP contribution in [0.5, 0.6) is 0 Å². The molecule has 0 aromatic carbocycles. The quantitative estimate of drug-likeness (QED) is 0.463. The Balaban J connectivity index is 2.10. The molecule has 1 fully saturated rings. The Bertz CT molecular complexity index is 222. The van der Waals surface area contributed by atoms with Gasteiger partial charge in [0.15, 0.2) is 0 Å². The highest BCUT2D eigenvalue weighted by atomic mass is 16.2. The first-order valence-electron chi connectivity index (χ1n) is 4.39. The van der Waals surface area contributed by atoms with Crippen molar-refractivity contribution in [1.82, 2.24) is 10.6 Å². The van der Waals surface area contributed by atoms with Crippen molar-refractivity contribution in [3.05, 3.63) is 12.7 Å². The van der Waals surface area contributed by atoms with Crippen LogP contribution in [0.25, 0.3) is 0 Å². The number of nitrogens with one attached hydrogen (secondary N) is 2. The predicted octanol–water partition coefficient (Wildman–Crippen LogP) is -0.0427. The summed E-state index contributed by atoms with van der Waals surface area (Å²) in [7, 11) is 0. The molecule has 4 nitrogen and oxygen atoms in total. The van der Waals surface area contributed by atoms with Crippen molar-refractivity contribution < 1.29 is 9.59 Å². The van der Waals surface area contributed by atoms with Gasteiger partial charge in [-0.3, -0.25) is 9.59 Å². The molecule has 0 bridgehead atoms. The minimum atomic E-state index is -0.252. The van der Waals surface area contributed by atoms with Gasteiger partial charge in [0.05, 0.1) is 0 Å². The van der Waals surface area contributed by atoms with Crippen molar-refractivity contribution in [1.29, 1.82) is 0 Å². The maximum atomic E-state index is 11.1. The summed E-state index contributed by atoms with van der Waals surface area (Å²) in [6.45, 7) is 3.87. The van der Waals surface area contributed by atoms with Gasteiger partial charge in [0, 0.05) is 12.6 Å². The van der Waals surface area contributed by atoms with Crippen molar-refractivity contribution in [2.75, 3.05) is 6.54 Å². The van der Waals surface area contributed by atoms with Gasteiger partial charge < -0.3 is 10.6 Å². The lowest BCUT2D eigenvalue weighted by atomic mass is 10.3. The monoisotopic (exact) mass is 182 g/mol. The van der Waals surface area contributed by atoms with Crippen molar-refractivity contribution in [2.24, 2.45) is 0 Å². The molecule has 0 aliphatic heterocycles. The second-order valence-electron chi connectivity index (χ2n) is 3.11. The summed E-state index contributed by atoms with van der Waals surface area (Å²) in [5, 5.41) is 5.27. The molecule has 1 aliphatic rings. The highest BCUT2D eigenvalue weighted by molar-refractivity contribution is 5.97. The van der Waals surface area contributed by atoms with Gasteiger partial charge in [0.1, 0.15) is 6.42 Å². The molecule has 0 heterocycles. The highest BCUT2D eigenvalue weighted by Gasteiger charge is 2.23. The second-order valence-corrected chi connectivity index (χ2v) is 3.11. The first-order valence-corrected chi connectivity index (χ1v) is 4.39. The van der Waals surface area contributed by atoms with Gasteiger partial charge in [-0.2, -0.15) is 0 Å². The molecule has 1 rings (SSSR count). The van der Waals surface area contributed by atoms with E-state index in [2.05, 4.69) is 17.2 Å². The third-order valence-electron chi connectivity index (χ3n) is 1.71. The molecule has 0 saturated heterocycles. The van der Waals surface area contributed by atoms with Gasteiger partial charge >= 0.3 is 0 Å². The molecule has 72 valence electrons. The Morgan fingerprint density at radius 3 is 2.62 bits per heavy atom. The first kappa shape index (κ1) is 9.77. The molecule has 2 N–H and O–H groups in total. The van der Waals surface area contributed by atoms with Crippen LogP contribution in [0, 0.1) is 0 Å². The van der Waals surface area contributed by atoms with Gasteiger partial charge in [-0.25, -0.2) is 0 Å². The van der Waals surface area contributed by atoms with Gasteiger partial charge in [-0.1, -0.05) is 6.08 Å². The van der Waals surface area contributed by atoms with Crippen molar-refractivity contribution in [3.63, 3.8) is 0 Å². The Morgan fingerprint density at radius 2 is 2.08 bits per heavy atom. The van der Waals surface area contributed by atoms with Crippen LogP contribution in [0.4, 0.5) is 0 Å². The summed E-state index contributed by atoms with van der Waals surface area (Å²) >= 11 is 0. The van der Waals surface area contributed by atoms with E-state index in [1.807, 2.05) is 0 Å². The molecular weight excluding hydrogens is 168 g/mol. The number of carbonyl (C=O) groups is 2. The lowest BCUT2D eigenvalue weighted by Gasteiger charge is -2.02. The number of carbonyl (C=O) groups excluding carboxylic acids is 2. The Morgan fingerprint density at radius 1 is 1.38 bits per heavy atom. The average Bonchev–Trinajstić information content (AvgIpc) is 2.84. The van der Waals surface area contributed by atoms with E-state index < -0.39 is 0 Å². The summed E-state index contributed by atoms with van der Waals surface area (Å²) in [5.41, 5.74) is 0. The maximum absolute atomic E-state index is 11.1. The van der Waals surface area contributed by atoms with Crippen LogP contribution in [0.3, 0.4) is 0 Å². The van der Waals surface area contributed by atoms with Crippen LogP contribution < -0.4 is 10.6 Å². The van der Waals surface area contributed by atoms with Crippen molar-refractivity contribution in [3.8, 4) is 0 Å². The average molecular weight is 182 g/mol. The van der Waals surface area contributed by atoms with Gasteiger partial charge in [-0.15, -0.1) is 6.58 Å². The van der Waals surface area contributed by atoms with Crippen LogP contribution in [-0.2, 0) is 9.59 Å². The Hall–Kier alpha value is -1.32. The summed E-state index contributed by atoms with van der Waals surface area (Å²) in [5.74, 6) is -0.442. The summed E-state index contributed by atoms with van der Waals surface area (Å²) < 4.78 is 0. The van der Waals surface area contributed by atoms with Crippen LogP contribution in [0.2, 0.25) is 0 Å². The number of hydrogen-bond acceptors (Lipinski definition) is 2. The van der Waals surface area contributed by atoms with Gasteiger partial charge in [-0.05, 0) is 12.8 Å². The second kappa shape index (κ2) is 4.64. The first-order chi connectivity index (χ1) is 6.22. The van der Waals surface area contributed by atoms with Crippen molar-refractivity contribution >= 4 is 11.8 Å². The SMILES string of the molecule is C=CCNC(=O)CC(=O)NC1CC1. The molecule has 0 spiro atoms. The number of rotatable bonds is 5. The molecule has 0 aromatic rings. The van der Waals surface area contributed by atoms with E-state index in [0.717, 1.165) is 12.8 Å². The minimum absolute atomic E-state index is 0.0790. The number of amides is 2. The lowest BCUT2D eigenvalue weighted by molar-refractivity contribution is -0.129. The van der Waals surface area contributed by atoms with E-state index in [4.69, 9.17) is 0 Å². The van der Waals surface area contributed by atoms with Gasteiger partial charge in [0.25, 0.3) is 0 Å². The zero-order valence-corrected chi connectivity index (χ0v) is 7.51. The van der Waals surface area contributed by atoms with Gasteiger partial charge in [0.2, 0.25) is 11.8 Å². The molecule has 1 aliphatic carbocycles. The maximum Gasteiger partial charge on any atom is 0.229 e. The van der Waals surface area contributed by atoms with Crippen LogP contribution >= 0.6 is 0 Å². The highest BCUT2D eigenvalue weighted by Crippen LogP contribution is 2.18. The Labute approximate surface area is 77.4 Å². The van der Waals surface area contributed by atoms with E-state index >= 15 is 0 Å². The molecule has 0 aromatic heterocycles. The van der Waals surface area contributed by atoms with Crippen LogP contribution in [-0.4, -0.2) is 24.4 Å². The van der Waals surface area contributed by atoms with E-state index in [-0.39, 0.29) is 18.2 Å². The fourth-order valence-corrected chi connectivity index (χ4v) is 0.901. The molecule has 0 unspecified atom stereocenters. The van der Waals surface area contributed by atoms with Crippen LogP contribution in [0.15, 0.2) is 12.7 Å². The topological polar surface area (TPSA) is 58.2 Å². The summed E-state index contributed by atoms with van der Waals surface area (Å²) in [4.78, 5) is 22.1. The molecule has 2 amide bonds. The zero-order chi connectivity index (χ0) is 9.68. The summed E-state index contributed by atoms with van der Waals surface area (Å²) in [6, 6.07) is 0.319. The van der Waals surface area contributed by atoms with Crippen molar-refractivity contribution in [2.45, 2.75) is 25.3 Å². The summed E-state index contributed by atoms with van der Waals surface area (Å²) in [6.07, 6.45) is 3.58. The Kier molecular flexibility index (Phi) is 3.49. The molecule has 0 atom stereocenters. The van der Waals surface area contributed by atoms with Crippen LogP contribution in [0.1, 0.15) is 19.3 Å². The third kappa shape index (κ3) is 4.30. The molecule has 0 radical (unpaired) electrons. The zero-order valence-electron chi connectivity index (χ0n) is 7.51. The largest absolute Gasteiger partial charge is 0.353 e. The van der Waals surface area contributed by atoms with E-state index in [9.17, 15) is 9.59 Å². The van der Waals surface area contributed by atoms with E-state index in [0.29, 0.717) is 12.6 Å². The third-order valence-corrected chi connectivity index (χ3v) is 1.71. The molecule has 13 heavy (non-hydrogen) atoms. The number of hydrogen-bond donors (Lipinski definition) is 2. The normalized spacial score (nSPS) is 14.8. The molecule has 4 heteroatoms. The van der Waals surface area contributed by atoms with E-state index in [1.165, 1.54) is 0 Å². The fourth-order valence-electron chi connectivity index (χ4n) is 0.901. The molecule has 1 saturated carbocycles.